The van der Waals surface area contributed by atoms with Crippen molar-refractivity contribution in [2.45, 2.75) is 12.2 Å². The number of halogens is 1. The summed E-state index contributed by atoms with van der Waals surface area (Å²) in [6.45, 7) is 1.57. The Morgan fingerprint density at radius 3 is 2.95 bits per heavy atom. The number of nitrogens with zero attached hydrogens (tertiary/aromatic N) is 2. The molecule has 0 amide bonds. The molecule has 0 radical (unpaired) electrons. The van der Waals surface area contributed by atoms with Crippen molar-refractivity contribution >= 4 is 34.2 Å². The Morgan fingerprint density at radius 2 is 2.20 bits per heavy atom. The van der Waals surface area contributed by atoms with Gasteiger partial charge in [0.05, 0.1) is 16.1 Å². The van der Waals surface area contributed by atoms with Gasteiger partial charge in [0, 0.05) is 19.1 Å². The molecule has 2 aliphatic heterocycles. The van der Waals surface area contributed by atoms with E-state index in [4.69, 9.17) is 27.5 Å². The number of rotatable bonds is 1. The number of fused-ring (bicyclic) bond motifs is 3. The predicted molar refractivity (Wildman–Crippen MR) is 78.8 cm³/mol. The van der Waals surface area contributed by atoms with Crippen LogP contribution in [0.15, 0.2) is 27.6 Å². The summed E-state index contributed by atoms with van der Waals surface area (Å²) in [5, 5.41) is 4.54. The maximum absolute atomic E-state index is 6.27. The van der Waals surface area contributed by atoms with E-state index >= 15 is 0 Å². The molecule has 1 aromatic heterocycles. The molecule has 6 nitrogen and oxygen atoms in total. The van der Waals surface area contributed by atoms with Gasteiger partial charge in [-0.25, -0.2) is 4.99 Å². The molecule has 0 bridgehead atoms. The summed E-state index contributed by atoms with van der Waals surface area (Å²) in [5.41, 5.74) is 13.3. The number of likely N-dealkylation sites (tertiary alicyclic amines) is 1. The zero-order valence-corrected chi connectivity index (χ0v) is 11.4. The third kappa shape index (κ3) is 1.62. The van der Waals surface area contributed by atoms with Crippen molar-refractivity contribution in [1.82, 2.24) is 4.90 Å². The van der Waals surface area contributed by atoms with Crippen molar-refractivity contribution in [3.05, 3.63) is 29.0 Å². The molecular formula is C13H14ClN5O. The van der Waals surface area contributed by atoms with Crippen molar-refractivity contribution in [2.24, 2.45) is 16.5 Å². The SMILES string of the molecule is NC1=NC(N2CC(N)C2)c2oc3cccc(Cl)c3c2N1. The van der Waals surface area contributed by atoms with Crippen LogP contribution < -0.4 is 16.8 Å². The Hall–Kier alpha value is -1.76. The molecule has 3 heterocycles. The van der Waals surface area contributed by atoms with Gasteiger partial charge in [-0.05, 0) is 12.1 Å². The molecular weight excluding hydrogens is 278 g/mol. The van der Waals surface area contributed by atoms with E-state index in [1.165, 1.54) is 0 Å². The van der Waals surface area contributed by atoms with E-state index in [1.54, 1.807) is 0 Å². The first kappa shape index (κ1) is 12.0. The molecule has 1 saturated heterocycles. The van der Waals surface area contributed by atoms with Gasteiger partial charge in [-0.2, -0.15) is 0 Å². The van der Waals surface area contributed by atoms with Gasteiger partial charge in [0.15, 0.2) is 17.9 Å². The van der Waals surface area contributed by atoms with E-state index in [-0.39, 0.29) is 12.2 Å². The molecule has 2 aromatic rings. The molecule has 20 heavy (non-hydrogen) atoms. The first-order valence-corrected chi connectivity index (χ1v) is 6.82. The Kier molecular flexibility index (Phi) is 2.47. The van der Waals surface area contributed by atoms with Crippen LogP contribution in [0.3, 0.4) is 0 Å². The zero-order chi connectivity index (χ0) is 13.9. The highest BCUT2D eigenvalue weighted by Crippen LogP contribution is 2.43. The molecule has 1 aromatic carbocycles. The largest absolute Gasteiger partial charge is 0.455 e. The van der Waals surface area contributed by atoms with Crippen LogP contribution in [-0.4, -0.2) is 30.0 Å². The van der Waals surface area contributed by atoms with Crippen molar-refractivity contribution in [3.8, 4) is 0 Å². The third-order valence-electron chi connectivity index (χ3n) is 3.72. The molecule has 4 rings (SSSR count). The molecule has 7 heteroatoms. The second-order valence-corrected chi connectivity index (χ2v) is 5.59. The summed E-state index contributed by atoms with van der Waals surface area (Å²) in [6.07, 6.45) is -0.227. The minimum atomic E-state index is -0.227. The number of furan rings is 1. The number of anilines is 1. The number of hydrogen-bond acceptors (Lipinski definition) is 6. The van der Waals surface area contributed by atoms with E-state index in [2.05, 4.69) is 15.2 Å². The zero-order valence-electron chi connectivity index (χ0n) is 10.6. The number of benzene rings is 1. The maximum Gasteiger partial charge on any atom is 0.195 e. The lowest BCUT2D eigenvalue weighted by Gasteiger charge is -2.41. The smallest absolute Gasteiger partial charge is 0.195 e. The van der Waals surface area contributed by atoms with E-state index < -0.39 is 0 Å². The van der Waals surface area contributed by atoms with Gasteiger partial charge >= 0.3 is 0 Å². The minimum absolute atomic E-state index is 0.192. The molecule has 0 aliphatic carbocycles. The van der Waals surface area contributed by atoms with E-state index in [0.717, 1.165) is 35.5 Å². The fourth-order valence-electron chi connectivity index (χ4n) is 2.78. The summed E-state index contributed by atoms with van der Waals surface area (Å²) in [7, 11) is 0. The molecule has 104 valence electrons. The minimum Gasteiger partial charge on any atom is -0.455 e. The Morgan fingerprint density at radius 1 is 1.40 bits per heavy atom. The highest BCUT2D eigenvalue weighted by molar-refractivity contribution is 6.36. The molecule has 5 N–H and O–H groups in total. The van der Waals surface area contributed by atoms with Gasteiger partial charge in [-0.1, -0.05) is 17.7 Å². The molecule has 1 unspecified atom stereocenters. The van der Waals surface area contributed by atoms with Crippen LogP contribution in [0.2, 0.25) is 5.02 Å². The summed E-state index contributed by atoms with van der Waals surface area (Å²) < 4.78 is 5.93. The van der Waals surface area contributed by atoms with Gasteiger partial charge in [0.2, 0.25) is 0 Å². The monoisotopic (exact) mass is 291 g/mol. The summed E-state index contributed by atoms with van der Waals surface area (Å²) in [6, 6.07) is 5.77. The fraction of sp³-hybridized carbons (Fsp3) is 0.308. The number of guanidine groups is 1. The molecule has 0 saturated carbocycles. The molecule has 1 atom stereocenters. The third-order valence-corrected chi connectivity index (χ3v) is 4.04. The van der Waals surface area contributed by atoms with Gasteiger partial charge in [0.1, 0.15) is 5.58 Å². The Labute approximate surface area is 120 Å². The van der Waals surface area contributed by atoms with Crippen LogP contribution in [0.25, 0.3) is 11.0 Å². The van der Waals surface area contributed by atoms with Crippen LogP contribution in [-0.2, 0) is 0 Å². The summed E-state index contributed by atoms with van der Waals surface area (Å²) in [5.74, 6) is 1.11. The average Bonchev–Trinajstić information content (AvgIpc) is 2.74. The first-order chi connectivity index (χ1) is 9.63. The molecule has 1 fully saturated rings. The Balaban J connectivity index is 1.87. The second-order valence-electron chi connectivity index (χ2n) is 5.18. The van der Waals surface area contributed by atoms with Crippen LogP contribution in [0, 0.1) is 0 Å². The van der Waals surface area contributed by atoms with Crippen LogP contribution in [0.4, 0.5) is 5.69 Å². The highest BCUT2D eigenvalue weighted by Gasteiger charge is 2.37. The van der Waals surface area contributed by atoms with E-state index in [0.29, 0.717) is 11.0 Å². The summed E-state index contributed by atoms with van der Waals surface area (Å²) in [4.78, 5) is 6.55. The number of nitrogens with one attached hydrogen (secondary N) is 1. The molecule has 0 spiro atoms. The highest BCUT2D eigenvalue weighted by atomic mass is 35.5. The van der Waals surface area contributed by atoms with E-state index in [1.807, 2.05) is 18.2 Å². The van der Waals surface area contributed by atoms with Gasteiger partial charge in [0.25, 0.3) is 0 Å². The van der Waals surface area contributed by atoms with Crippen LogP contribution in [0.5, 0.6) is 0 Å². The lowest BCUT2D eigenvalue weighted by molar-refractivity contribution is 0.0864. The van der Waals surface area contributed by atoms with Crippen molar-refractivity contribution in [2.75, 3.05) is 18.4 Å². The van der Waals surface area contributed by atoms with Crippen LogP contribution in [0.1, 0.15) is 11.9 Å². The maximum atomic E-state index is 6.27. The van der Waals surface area contributed by atoms with Crippen molar-refractivity contribution < 1.29 is 4.42 Å². The summed E-state index contributed by atoms with van der Waals surface area (Å²) >= 11 is 6.27. The normalized spacial score (nSPS) is 23.1. The molecule has 2 aliphatic rings. The first-order valence-electron chi connectivity index (χ1n) is 6.44. The standard InChI is InChI=1S/C13H14ClN5O/c14-7-2-1-3-8-9(7)10-11(20-8)12(18-13(16)17-10)19-4-6(15)5-19/h1-3,6,12H,4-5,15H2,(H3,16,17,18). The lowest BCUT2D eigenvalue weighted by Crippen LogP contribution is -2.57. The van der Waals surface area contributed by atoms with Crippen molar-refractivity contribution in [3.63, 3.8) is 0 Å². The van der Waals surface area contributed by atoms with E-state index in [9.17, 15) is 0 Å². The topological polar surface area (TPSA) is 92.8 Å². The number of hydrogen-bond donors (Lipinski definition) is 3. The number of nitrogens with two attached hydrogens (primary N) is 2. The quantitative estimate of drug-likeness (QED) is 0.740. The van der Waals surface area contributed by atoms with Gasteiger partial charge in [-0.3, -0.25) is 4.90 Å². The number of aliphatic imine (C=N–C) groups is 1. The second kappa shape index (κ2) is 4.12. The van der Waals surface area contributed by atoms with Crippen LogP contribution >= 0.6 is 11.6 Å². The van der Waals surface area contributed by atoms with Crippen molar-refractivity contribution in [1.29, 1.82) is 0 Å². The average molecular weight is 292 g/mol. The van der Waals surface area contributed by atoms with Gasteiger partial charge < -0.3 is 21.2 Å². The predicted octanol–water partition coefficient (Wildman–Crippen LogP) is 1.47. The Bertz CT molecular complexity index is 719. The lowest BCUT2D eigenvalue weighted by atomic mass is 10.1. The van der Waals surface area contributed by atoms with Gasteiger partial charge in [-0.15, -0.1) is 0 Å². The fourth-order valence-corrected chi connectivity index (χ4v) is 3.04.